The number of thiocarbonyl (C=S) groups is 1. The number of amides is 1. The molecule has 3 rings (SSSR count). The molecule has 1 fully saturated rings. The molecule has 0 saturated carbocycles. The summed E-state index contributed by atoms with van der Waals surface area (Å²) in [5.74, 6) is 0.993. The molecule has 6 nitrogen and oxygen atoms in total. The first-order valence-electron chi connectivity index (χ1n) is 7.69. The Balaban J connectivity index is 1.74. The molecule has 1 N–H and O–H groups in total. The van der Waals surface area contributed by atoms with Crippen molar-refractivity contribution in [2.75, 3.05) is 12.0 Å². The summed E-state index contributed by atoms with van der Waals surface area (Å²) in [7, 11) is 0. The molecule has 0 unspecified atom stereocenters. The van der Waals surface area contributed by atoms with Crippen LogP contribution in [-0.2, 0) is 17.9 Å². The zero-order valence-corrected chi connectivity index (χ0v) is 15.0. The van der Waals surface area contributed by atoms with E-state index in [2.05, 4.69) is 15.4 Å². The number of nitrogens with one attached hydrogen (secondary N) is 1. The molecule has 0 bridgehead atoms. The lowest BCUT2D eigenvalue weighted by molar-refractivity contribution is -0.127. The Kier molecular flexibility index (Phi) is 5.47. The second kappa shape index (κ2) is 7.76. The standard InChI is InChI=1S/C16H19N5OS2/c1-24-7-6-14-15(22)21(16(23)19-14)9-13-5-3-2-4-12(13)8-20-11-17-10-18-20/h2-5,10-11,14H,6-9H2,1H3,(H,19,23)/t14-/m0/s1. The minimum absolute atomic E-state index is 0.0598. The third-order valence-electron chi connectivity index (χ3n) is 3.96. The SMILES string of the molecule is CSCC[C@@H]1NC(=S)N(Cc2ccccc2Cn2cncn2)C1=O. The third kappa shape index (κ3) is 3.76. The maximum absolute atomic E-state index is 12.6. The van der Waals surface area contributed by atoms with Gasteiger partial charge in [-0.3, -0.25) is 9.69 Å². The summed E-state index contributed by atoms with van der Waals surface area (Å²) in [5.41, 5.74) is 2.17. The molecule has 0 radical (unpaired) electrons. The Bertz CT molecular complexity index is 719. The molecule has 1 aliphatic rings. The van der Waals surface area contributed by atoms with Crippen LogP contribution in [0, 0.1) is 0 Å². The van der Waals surface area contributed by atoms with Crippen LogP contribution in [0.2, 0.25) is 0 Å². The molecule has 8 heteroatoms. The number of benzene rings is 1. The van der Waals surface area contributed by atoms with Gasteiger partial charge in [-0.25, -0.2) is 9.67 Å². The van der Waals surface area contributed by atoms with Crippen molar-refractivity contribution < 1.29 is 4.79 Å². The average Bonchev–Trinajstić information content (AvgIpc) is 3.18. The summed E-state index contributed by atoms with van der Waals surface area (Å²) in [5, 5.41) is 7.80. The Morgan fingerprint density at radius 2 is 2.04 bits per heavy atom. The van der Waals surface area contributed by atoms with Gasteiger partial charge in [-0.15, -0.1) is 0 Å². The molecular weight excluding hydrogens is 342 g/mol. The number of carbonyl (C=O) groups is 1. The van der Waals surface area contributed by atoms with Gasteiger partial charge in [0, 0.05) is 0 Å². The van der Waals surface area contributed by atoms with Gasteiger partial charge >= 0.3 is 0 Å². The van der Waals surface area contributed by atoms with Crippen molar-refractivity contribution in [2.24, 2.45) is 0 Å². The number of nitrogens with zero attached hydrogens (tertiary/aromatic N) is 4. The molecule has 1 aliphatic heterocycles. The fourth-order valence-electron chi connectivity index (χ4n) is 2.68. The van der Waals surface area contributed by atoms with Crippen molar-refractivity contribution in [1.29, 1.82) is 0 Å². The number of aromatic nitrogens is 3. The Morgan fingerprint density at radius 1 is 1.29 bits per heavy atom. The first-order valence-corrected chi connectivity index (χ1v) is 9.49. The number of hydrogen-bond acceptors (Lipinski definition) is 5. The highest BCUT2D eigenvalue weighted by atomic mass is 32.2. The molecule has 1 amide bonds. The average molecular weight is 361 g/mol. The summed E-state index contributed by atoms with van der Waals surface area (Å²) >= 11 is 7.09. The molecular formula is C16H19N5OS2. The van der Waals surface area contributed by atoms with E-state index in [1.807, 2.05) is 30.5 Å². The number of hydrogen-bond donors (Lipinski definition) is 1. The molecule has 1 aromatic heterocycles. The van der Waals surface area contributed by atoms with Gasteiger partial charge in [0.05, 0.1) is 13.1 Å². The van der Waals surface area contributed by atoms with Crippen molar-refractivity contribution in [1.82, 2.24) is 25.0 Å². The van der Waals surface area contributed by atoms with Crippen LogP contribution in [0.25, 0.3) is 0 Å². The van der Waals surface area contributed by atoms with Crippen molar-refractivity contribution in [2.45, 2.75) is 25.6 Å². The van der Waals surface area contributed by atoms with E-state index in [9.17, 15) is 4.79 Å². The molecule has 1 atom stereocenters. The van der Waals surface area contributed by atoms with Crippen LogP contribution in [0.1, 0.15) is 17.5 Å². The first kappa shape index (κ1) is 16.9. The van der Waals surface area contributed by atoms with Crippen LogP contribution in [0.15, 0.2) is 36.9 Å². The predicted octanol–water partition coefficient (Wildman–Crippen LogP) is 1.66. The zero-order chi connectivity index (χ0) is 16.9. The highest BCUT2D eigenvalue weighted by Gasteiger charge is 2.34. The van der Waals surface area contributed by atoms with Gasteiger partial charge < -0.3 is 5.32 Å². The number of carbonyl (C=O) groups excluding carboxylic acids is 1. The molecule has 0 spiro atoms. The highest BCUT2D eigenvalue weighted by molar-refractivity contribution is 7.98. The van der Waals surface area contributed by atoms with Crippen molar-refractivity contribution in [3.8, 4) is 0 Å². The lowest BCUT2D eigenvalue weighted by atomic mass is 10.1. The summed E-state index contributed by atoms with van der Waals surface area (Å²) in [4.78, 5) is 18.2. The molecule has 24 heavy (non-hydrogen) atoms. The first-order chi connectivity index (χ1) is 11.7. The summed E-state index contributed by atoms with van der Waals surface area (Å²) < 4.78 is 1.77. The van der Waals surface area contributed by atoms with Gasteiger partial charge in [-0.05, 0) is 41.8 Å². The highest BCUT2D eigenvalue weighted by Crippen LogP contribution is 2.18. The van der Waals surface area contributed by atoms with Crippen LogP contribution < -0.4 is 5.32 Å². The van der Waals surface area contributed by atoms with Crippen LogP contribution in [0.5, 0.6) is 0 Å². The maximum Gasteiger partial charge on any atom is 0.251 e. The molecule has 2 aromatic rings. The summed E-state index contributed by atoms with van der Waals surface area (Å²) in [6.07, 6.45) is 6.03. The Hall–Kier alpha value is -1.93. The number of thioether (sulfide) groups is 1. The smallest absolute Gasteiger partial charge is 0.251 e. The minimum atomic E-state index is -0.201. The fourth-order valence-corrected chi connectivity index (χ4v) is 3.45. The van der Waals surface area contributed by atoms with Gasteiger partial charge in [0.15, 0.2) is 5.11 Å². The lowest BCUT2D eigenvalue weighted by Crippen LogP contribution is -2.31. The van der Waals surface area contributed by atoms with Crippen LogP contribution in [0.3, 0.4) is 0 Å². The molecule has 0 aliphatic carbocycles. The third-order valence-corrected chi connectivity index (χ3v) is 4.95. The van der Waals surface area contributed by atoms with Crippen LogP contribution in [-0.4, -0.2) is 48.7 Å². The van der Waals surface area contributed by atoms with E-state index in [-0.39, 0.29) is 11.9 Å². The van der Waals surface area contributed by atoms with Gasteiger partial charge in [-0.2, -0.15) is 16.9 Å². The van der Waals surface area contributed by atoms with Gasteiger partial charge in [-0.1, -0.05) is 24.3 Å². The lowest BCUT2D eigenvalue weighted by Gasteiger charge is -2.17. The van der Waals surface area contributed by atoms with E-state index in [1.165, 1.54) is 6.33 Å². The summed E-state index contributed by atoms with van der Waals surface area (Å²) in [6, 6.07) is 7.82. The zero-order valence-electron chi connectivity index (χ0n) is 13.4. The molecule has 1 saturated heterocycles. The second-order valence-electron chi connectivity index (χ2n) is 5.57. The van der Waals surface area contributed by atoms with E-state index in [4.69, 9.17) is 12.2 Å². The van der Waals surface area contributed by atoms with Crippen molar-refractivity contribution in [3.05, 3.63) is 48.0 Å². The quantitative estimate of drug-likeness (QED) is 0.757. The number of rotatable bonds is 7. The van der Waals surface area contributed by atoms with Gasteiger partial charge in [0.25, 0.3) is 5.91 Å². The predicted molar refractivity (Wildman–Crippen MR) is 98.6 cm³/mol. The monoisotopic (exact) mass is 361 g/mol. The van der Waals surface area contributed by atoms with Crippen LogP contribution >= 0.6 is 24.0 Å². The van der Waals surface area contributed by atoms with E-state index in [0.717, 1.165) is 23.3 Å². The largest absolute Gasteiger partial charge is 0.350 e. The molecule has 2 heterocycles. The maximum atomic E-state index is 12.6. The van der Waals surface area contributed by atoms with E-state index >= 15 is 0 Å². The summed E-state index contributed by atoms with van der Waals surface area (Å²) in [6.45, 7) is 1.10. The van der Waals surface area contributed by atoms with Crippen LogP contribution in [0.4, 0.5) is 0 Å². The molecule has 126 valence electrons. The van der Waals surface area contributed by atoms with Gasteiger partial charge in [0.2, 0.25) is 0 Å². The van der Waals surface area contributed by atoms with E-state index in [0.29, 0.717) is 18.2 Å². The Labute approximate surface area is 150 Å². The van der Waals surface area contributed by atoms with E-state index < -0.39 is 0 Å². The van der Waals surface area contributed by atoms with Crippen molar-refractivity contribution in [3.63, 3.8) is 0 Å². The Morgan fingerprint density at radius 3 is 2.71 bits per heavy atom. The van der Waals surface area contributed by atoms with E-state index in [1.54, 1.807) is 27.7 Å². The topological polar surface area (TPSA) is 63.1 Å². The van der Waals surface area contributed by atoms with Gasteiger partial charge in [0.1, 0.15) is 18.7 Å². The second-order valence-corrected chi connectivity index (χ2v) is 6.94. The fraction of sp³-hybridized carbons (Fsp3) is 0.375. The van der Waals surface area contributed by atoms with Crippen molar-refractivity contribution >= 4 is 35.0 Å². The minimum Gasteiger partial charge on any atom is -0.350 e. The normalized spacial score (nSPS) is 17.4. The molecule has 1 aromatic carbocycles.